The van der Waals surface area contributed by atoms with E-state index in [1.807, 2.05) is 0 Å². The van der Waals surface area contributed by atoms with Crippen molar-refractivity contribution < 1.29 is 51.0 Å². The maximum Gasteiger partial charge on any atom is 3.00 e. The van der Waals surface area contributed by atoms with Crippen LogP contribution >= 0.6 is 0 Å². The molecule has 3 heteroatoms. The van der Waals surface area contributed by atoms with Crippen LogP contribution in [0.25, 0.3) is 10.8 Å². The molecule has 0 fully saturated rings. The molecule has 2 aromatic carbocycles. The van der Waals surface area contributed by atoms with E-state index >= 15 is 0 Å². The van der Waals surface area contributed by atoms with E-state index in [9.17, 15) is 0 Å². The van der Waals surface area contributed by atoms with E-state index in [1.54, 1.807) is 0 Å². The Morgan fingerprint density at radius 2 is 1.35 bits per heavy atom. The molecule has 109 valence electrons. The summed E-state index contributed by atoms with van der Waals surface area (Å²) in [4.78, 5) is 0. The monoisotopic (exact) mass is 387 g/mol. The van der Waals surface area contributed by atoms with E-state index in [0.29, 0.717) is 11.8 Å². The van der Waals surface area contributed by atoms with Gasteiger partial charge in [0.1, 0.15) is 0 Å². The summed E-state index contributed by atoms with van der Waals surface area (Å²) in [7, 11) is 0. The molecule has 0 aliphatic carbocycles. The third-order valence-corrected chi connectivity index (χ3v) is 3.74. The summed E-state index contributed by atoms with van der Waals surface area (Å²) in [6.07, 6.45) is 0. The smallest absolute Gasteiger partial charge is 1.00 e. The fourth-order valence-corrected chi connectivity index (χ4v) is 2.79. The molecule has 0 heterocycles. The number of hydrogen-bond acceptors (Lipinski definition) is 0. The SMILES string of the molecule is Cc1cc2c(C(C)C)cc(C(C)C)c(C)c2[cH-]1.[Cl-].[Cl-].[Zr+3]. The standard InChI is InChI=1S/C17H23.2ClH.Zr/c1-10(2)14-9-15(11(3)4)17-8-12(5)7-16(17)13(14)6;;;/h7-11H,1-6H3;2*1H;/q-1;;;+3/p-2. The zero-order chi connectivity index (χ0) is 12.7. The van der Waals surface area contributed by atoms with Crippen molar-refractivity contribution in [3.05, 3.63) is 40.5 Å². The van der Waals surface area contributed by atoms with Crippen molar-refractivity contribution in [3.63, 3.8) is 0 Å². The van der Waals surface area contributed by atoms with Gasteiger partial charge in [0, 0.05) is 0 Å². The Morgan fingerprint density at radius 3 is 1.80 bits per heavy atom. The number of aryl methyl sites for hydroxylation is 2. The van der Waals surface area contributed by atoms with Crippen LogP contribution in [0, 0.1) is 13.8 Å². The second-order valence-corrected chi connectivity index (χ2v) is 5.85. The second-order valence-electron chi connectivity index (χ2n) is 5.85. The van der Waals surface area contributed by atoms with Gasteiger partial charge in [0.15, 0.2) is 0 Å². The van der Waals surface area contributed by atoms with Crippen LogP contribution in [-0.4, -0.2) is 0 Å². The van der Waals surface area contributed by atoms with Crippen LogP contribution in [-0.2, 0) is 26.2 Å². The van der Waals surface area contributed by atoms with Crippen molar-refractivity contribution in [1.29, 1.82) is 0 Å². The molecule has 0 N–H and O–H groups in total. The Bertz CT molecular complexity index is 554. The van der Waals surface area contributed by atoms with Gasteiger partial charge < -0.3 is 24.8 Å². The van der Waals surface area contributed by atoms with Crippen LogP contribution < -0.4 is 24.8 Å². The van der Waals surface area contributed by atoms with Crippen molar-refractivity contribution in [3.8, 4) is 0 Å². The molecule has 0 unspecified atom stereocenters. The van der Waals surface area contributed by atoms with E-state index < -0.39 is 0 Å². The molecule has 0 atom stereocenters. The van der Waals surface area contributed by atoms with Crippen LogP contribution in [0.5, 0.6) is 0 Å². The van der Waals surface area contributed by atoms with Crippen LogP contribution in [0.3, 0.4) is 0 Å². The first-order valence-electron chi connectivity index (χ1n) is 6.62. The predicted octanol–water partition coefficient (Wildman–Crippen LogP) is -0.572. The van der Waals surface area contributed by atoms with Gasteiger partial charge in [0.25, 0.3) is 0 Å². The number of benzene rings is 1. The molecule has 1 radical (unpaired) electrons. The quantitative estimate of drug-likeness (QED) is 0.604. The number of halogens is 2. The molecule has 0 spiro atoms. The summed E-state index contributed by atoms with van der Waals surface area (Å²) >= 11 is 0. The average molecular weight is 390 g/mol. The molecule has 0 saturated heterocycles. The van der Waals surface area contributed by atoms with Crippen molar-refractivity contribution >= 4 is 10.8 Å². The summed E-state index contributed by atoms with van der Waals surface area (Å²) < 4.78 is 0. The van der Waals surface area contributed by atoms with Crippen molar-refractivity contribution in [1.82, 2.24) is 0 Å². The fraction of sp³-hybridized carbons (Fsp3) is 0.471. The Kier molecular flexibility index (Phi) is 9.78. The Labute approximate surface area is 155 Å². The number of hydrogen-bond donors (Lipinski definition) is 0. The third-order valence-electron chi connectivity index (χ3n) is 3.74. The van der Waals surface area contributed by atoms with E-state index in [2.05, 4.69) is 59.7 Å². The van der Waals surface area contributed by atoms with Crippen LogP contribution in [0.15, 0.2) is 18.2 Å². The number of rotatable bonds is 2. The Balaban J connectivity index is 0. The molecule has 0 aromatic heterocycles. The van der Waals surface area contributed by atoms with Crippen LogP contribution in [0.4, 0.5) is 0 Å². The van der Waals surface area contributed by atoms with Gasteiger partial charge in [-0.15, -0.1) is 28.0 Å². The average Bonchev–Trinajstić information content (AvgIpc) is 2.59. The summed E-state index contributed by atoms with van der Waals surface area (Å²) in [6, 6.07) is 7.09. The van der Waals surface area contributed by atoms with Crippen molar-refractivity contribution in [2.24, 2.45) is 0 Å². The minimum absolute atomic E-state index is 0. The Hall–Kier alpha value is 0.293. The van der Waals surface area contributed by atoms with Gasteiger partial charge >= 0.3 is 26.2 Å². The van der Waals surface area contributed by atoms with Gasteiger partial charge in [-0.25, -0.2) is 0 Å². The summed E-state index contributed by atoms with van der Waals surface area (Å²) in [5.74, 6) is 1.20. The maximum absolute atomic E-state index is 2.42. The van der Waals surface area contributed by atoms with Crippen molar-refractivity contribution in [2.75, 3.05) is 0 Å². The zero-order valence-corrected chi connectivity index (χ0v) is 17.1. The fourth-order valence-electron chi connectivity index (χ4n) is 2.79. The molecule has 2 aromatic rings. The first-order valence-corrected chi connectivity index (χ1v) is 6.62. The molecule has 0 saturated carbocycles. The second kappa shape index (κ2) is 8.67. The molecule has 2 rings (SSSR count). The molecule has 0 aliphatic heterocycles. The minimum atomic E-state index is 0. The zero-order valence-electron chi connectivity index (χ0n) is 13.1. The van der Waals surface area contributed by atoms with Gasteiger partial charge in [-0.1, -0.05) is 58.7 Å². The molecular formula is C17H23Cl2Zr. The molecule has 0 nitrogen and oxygen atoms in total. The van der Waals surface area contributed by atoms with E-state index in [4.69, 9.17) is 0 Å². The van der Waals surface area contributed by atoms with Gasteiger partial charge in [0.05, 0.1) is 0 Å². The summed E-state index contributed by atoms with van der Waals surface area (Å²) in [6.45, 7) is 13.6. The third kappa shape index (κ3) is 4.15. The molecule has 0 amide bonds. The first kappa shape index (κ1) is 22.6. The number of fused-ring (bicyclic) bond motifs is 1. The van der Waals surface area contributed by atoms with E-state index in [1.165, 1.54) is 33.0 Å². The normalized spacial score (nSPS) is 10.2. The molecular weight excluding hydrogens is 366 g/mol. The van der Waals surface area contributed by atoms with Crippen LogP contribution in [0.1, 0.15) is 61.8 Å². The minimum Gasteiger partial charge on any atom is -1.00 e. The van der Waals surface area contributed by atoms with Gasteiger partial charge in [-0.2, -0.15) is 6.07 Å². The topological polar surface area (TPSA) is 0 Å². The molecule has 0 bridgehead atoms. The predicted molar refractivity (Wildman–Crippen MR) is 77.2 cm³/mol. The first-order chi connectivity index (χ1) is 7.91. The largest absolute Gasteiger partial charge is 3.00 e. The van der Waals surface area contributed by atoms with Gasteiger partial charge in [-0.05, 0) is 11.8 Å². The van der Waals surface area contributed by atoms with Crippen molar-refractivity contribution in [2.45, 2.75) is 53.4 Å². The van der Waals surface area contributed by atoms with Crippen LogP contribution in [0.2, 0.25) is 0 Å². The van der Waals surface area contributed by atoms with E-state index in [0.717, 1.165) is 0 Å². The van der Waals surface area contributed by atoms with Gasteiger partial charge in [0.2, 0.25) is 0 Å². The van der Waals surface area contributed by atoms with E-state index in [-0.39, 0.29) is 51.0 Å². The van der Waals surface area contributed by atoms with Gasteiger partial charge in [-0.3, -0.25) is 0 Å². The molecule has 20 heavy (non-hydrogen) atoms. The molecule has 0 aliphatic rings. The maximum atomic E-state index is 2.42. The summed E-state index contributed by atoms with van der Waals surface area (Å²) in [5.41, 5.74) is 5.85. The Morgan fingerprint density at radius 1 is 0.850 bits per heavy atom. The summed E-state index contributed by atoms with van der Waals surface area (Å²) in [5, 5.41) is 2.91.